The Hall–Kier alpha value is -3.09. The number of rotatable bonds is 4. The lowest BCUT2D eigenvalue weighted by molar-refractivity contribution is -0.385. The third-order valence-electron chi connectivity index (χ3n) is 2.59. The normalized spacial score (nSPS) is 10.6. The van der Waals surface area contributed by atoms with E-state index in [1.165, 1.54) is 24.3 Å². The van der Waals surface area contributed by atoms with E-state index < -0.39 is 34.0 Å². The molecule has 22 heavy (non-hydrogen) atoms. The Morgan fingerprint density at radius 3 is 2.55 bits per heavy atom. The molecule has 0 N–H and O–H groups in total. The molecule has 0 aromatic heterocycles. The quantitative estimate of drug-likeness (QED) is 0.285. The summed E-state index contributed by atoms with van der Waals surface area (Å²) in [5.41, 5.74) is -0.125. The summed E-state index contributed by atoms with van der Waals surface area (Å²) in [5, 5.41) is 10.8. The van der Waals surface area contributed by atoms with E-state index in [2.05, 4.69) is 0 Å². The van der Waals surface area contributed by atoms with Crippen LogP contribution in [0.4, 0.5) is 14.5 Å². The van der Waals surface area contributed by atoms with E-state index >= 15 is 0 Å². The molecule has 5 nitrogen and oxygen atoms in total. The zero-order valence-corrected chi connectivity index (χ0v) is 11.0. The van der Waals surface area contributed by atoms with Crippen molar-refractivity contribution >= 4 is 17.7 Å². The van der Waals surface area contributed by atoms with Gasteiger partial charge >= 0.3 is 11.7 Å². The van der Waals surface area contributed by atoms with E-state index in [0.717, 1.165) is 24.3 Å². The summed E-state index contributed by atoms with van der Waals surface area (Å²) in [6.45, 7) is 0. The fraction of sp³-hybridized carbons (Fsp3) is 0. The lowest BCUT2D eigenvalue weighted by Crippen LogP contribution is -2.06. The Labute approximate surface area is 123 Å². The zero-order chi connectivity index (χ0) is 16.1. The average molecular weight is 305 g/mol. The zero-order valence-electron chi connectivity index (χ0n) is 11.0. The first kappa shape index (κ1) is 15.3. The van der Waals surface area contributed by atoms with Gasteiger partial charge in [0.1, 0.15) is 11.6 Å². The highest BCUT2D eigenvalue weighted by Crippen LogP contribution is 2.27. The number of hydrogen-bond acceptors (Lipinski definition) is 4. The molecule has 0 aliphatic rings. The number of nitro benzene ring substituents is 1. The maximum absolute atomic E-state index is 13.1. The molecule has 0 amide bonds. The van der Waals surface area contributed by atoms with Crippen LogP contribution < -0.4 is 4.74 Å². The first-order chi connectivity index (χ1) is 10.5. The fourth-order valence-corrected chi connectivity index (χ4v) is 1.64. The molecule has 0 bridgehead atoms. The Bertz CT molecular complexity index is 759. The average Bonchev–Trinajstić information content (AvgIpc) is 2.45. The second-order valence-electron chi connectivity index (χ2n) is 4.18. The molecule has 2 rings (SSSR count). The van der Waals surface area contributed by atoms with E-state index in [1.54, 1.807) is 6.07 Å². The fourth-order valence-electron chi connectivity index (χ4n) is 1.64. The second-order valence-corrected chi connectivity index (χ2v) is 4.18. The van der Waals surface area contributed by atoms with Gasteiger partial charge in [0, 0.05) is 18.2 Å². The lowest BCUT2D eigenvalue weighted by atomic mass is 10.2. The Morgan fingerprint density at radius 2 is 1.86 bits per heavy atom. The van der Waals surface area contributed by atoms with Crippen LogP contribution in [0.1, 0.15) is 5.56 Å². The smallest absolute Gasteiger partial charge is 0.336 e. The first-order valence-electron chi connectivity index (χ1n) is 6.05. The molecule has 2 aromatic rings. The molecule has 0 heterocycles. The largest absolute Gasteiger partial charge is 0.416 e. The number of halogens is 2. The summed E-state index contributed by atoms with van der Waals surface area (Å²) in [7, 11) is 0. The van der Waals surface area contributed by atoms with E-state index in [9.17, 15) is 23.7 Å². The van der Waals surface area contributed by atoms with Gasteiger partial charge in [0.15, 0.2) is 0 Å². The van der Waals surface area contributed by atoms with Crippen molar-refractivity contribution in [1.82, 2.24) is 0 Å². The number of ether oxygens (including phenoxy) is 1. The van der Waals surface area contributed by atoms with Gasteiger partial charge < -0.3 is 4.74 Å². The molecule has 0 radical (unpaired) electrons. The van der Waals surface area contributed by atoms with Crippen molar-refractivity contribution in [3.63, 3.8) is 0 Å². The van der Waals surface area contributed by atoms with E-state index in [-0.39, 0.29) is 0 Å². The third kappa shape index (κ3) is 3.95. The molecule has 0 spiro atoms. The van der Waals surface area contributed by atoms with E-state index in [4.69, 9.17) is 4.74 Å². The summed E-state index contributed by atoms with van der Waals surface area (Å²) in [6, 6.07) is 7.97. The van der Waals surface area contributed by atoms with Crippen molar-refractivity contribution in [2.24, 2.45) is 0 Å². The van der Waals surface area contributed by atoms with Crippen molar-refractivity contribution in [2.75, 3.05) is 0 Å². The van der Waals surface area contributed by atoms with Crippen molar-refractivity contribution in [3.05, 3.63) is 75.9 Å². The van der Waals surface area contributed by atoms with Crippen LogP contribution in [0.5, 0.6) is 5.75 Å². The molecular weight excluding hydrogens is 296 g/mol. The molecule has 0 aliphatic carbocycles. The van der Waals surface area contributed by atoms with Gasteiger partial charge in [-0.1, -0.05) is 12.1 Å². The summed E-state index contributed by atoms with van der Waals surface area (Å²) < 4.78 is 30.8. The van der Waals surface area contributed by atoms with Crippen molar-refractivity contribution in [3.8, 4) is 5.75 Å². The van der Waals surface area contributed by atoms with Gasteiger partial charge in [-0.05, 0) is 29.8 Å². The van der Waals surface area contributed by atoms with Crippen LogP contribution in [0.3, 0.4) is 0 Å². The number of esters is 1. The van der Waals surface area contributed by atoms with E-state index in [1.807, 2.05) is 0 Å². The summed E-state index contributed by atoms with van der Waals surface area (Å²) in [4.78, 5) is 21.6. The maximum Gasteiger partial charge on any atom is 0.336 e. The molecule has 0 aliphatic heterocycles. The first-order valence-corrected chi connectivity index (χ1v) is 6.05. The van der Waals surface area contributed by atoms with Gasteiger partial charge in [0.2, 0.25) is 5.75 Å². The predicted molar refractivity (Wildman–Crippen MR) is 74.1 cm³/mol. The molecule has 0 fully saturated rings. The predicted octanol–water partition coefficient (Wildman–Crippen LogP) is 3.49. The van der Waals surface area contributed by atoms with Gasteiger partial charge in [0.25, 0.3) is 0 Å². The van der Waals surface area contributed by atoms with Crippen LogP contribution in [0.15, 0.2) is 48.5 Å². The van der Waals surface area contributed by atoms with Crippen LogP contribution in [0, 0.1) is 21.7 Å². The second kappa shape index (κ2) is 6.57. The molecular formula is C15H9F2NO4. The van der Waals surface area contributed by atoms with Crippen molar-refractivity contribution < 1.29 is 23.2 Å². The minimum atomic E-state index is -0.946. The highest BCUT2D eigenvalue weighted by Gasteiger charge is 2.17. The molecule has 2 aromatic carbocycles. The van der Waals surface area contributed by atoms with Crippen LogP contribution in [0.25, 0.3) is 6.08 Å². The number of carbonyl (C=O) groups excluding carboxylic acids is 1. The van der Waals surface area contributed by atoms with Crippen molar-refractivity contribution in [2.45, 2.75) is 0 Å². The number of hydrogen-bond donors (Lipinski definition) is 0. The SMILES string of the molecule is O=C(C=Cc1cccc(F)c1)Oc1cc(F)ccc1[N+](=O)[O-]. The van der Waals surface area contributed by atoms with Crippen LogP contribution >= 0.6 is 0 Å². The monoisotopic (exact) mass is 305 g/mol. The van der Waals surface area contributed by atoms with Gasteiger partial charge in [-0.2, -0.15) is 0 Å². The molecule has 0 unspecified atom stereocenters. The lowest BCUT2D eigenvalue weighted by Gasteiger charge is -2.02. The standard InChI is InChI=1S/C15H9F2NO4/c16-11-3-1-2-10(8-11)4-7-15(19)22-14-9-12(17)5-6-13(14)18(20)21/h1-9H. The minimum Gasteiger partial charge on any atom is -0.416 e. The molecule has 0 atom stereocenters. The molecule has 112 valence electrons. The third-order valence-corrected chi connectivity index (χ3v) is 2.59. The number of carbonyl (C=O) groups is 1. The Kier molecular flexibility index (Phi) is 4.57. The topological polar surface area (TPSA) is 69.4 Å². The summed E-state index contributed by atoms with van der Waals surface area (Å²) >= 11 is 0. The number of nitrogens with zero attached hydrogens (tertiary/aromatic N) is 1. The summed E-state index contributed by atoms with van der Waals surface area (Å²) in [6.07, 6.45) is 2.24. The Morgan fingerprint density at radius 1 is 1.14 bits per heavy atom. The molecule has 0 saturated heterocycles. The van der Waals surface area contributed by atoms with Crippen molar-refractivity contribution in [1.29, 1.82) is 0 Å². The highest BCUT2D eigenvalue weighted by atomic mass is 19.1. The van der Waals surface area contributed by atoms with Gasteiger partial charge in [-0.15, -0.1) is 0 Å². The minimum absolute atomic E-state index is 0.408. The van der Waals surface area contributed by atoms with Crippen LogP contribution in [-0.4, -0.2) is 10.9 Å². The van der Waals surface area contributed by atoms with Gasteiger partial charge in [-0.25, -0.2) is 13.6 Å². The summed E-state index contributed by atoms with van der Waals surface area (Å²) in [5.74, 6) is -2.70. The number of benzene rings is 2. The maximum atomic E-state index is 13.1. The number of nitro groups is 1. The van der Waals surface area contributed by atoms with Crippen LogP contribution in [0.2, 0.25) is 0 Å². The van der Waals surface area contributed by atoms with Crippen LogP contribution in [-0.2, 0) is 4.79 Å². The highest BCUT2D eigenvalue weighted by molar-refractivity contribution is 5.89. The Balaban J connectivity index is 2.15. The van der Waals surface area contributed by atoms with Gasteiger partial charge in [-0.3, -0.25) is 10.1 Å². The van der Waals surface area contributed by atoms with Gasteiger partial charge in [0.05, 0.1) is 4.92 Å². The van der Waals surface area contributed by atoms with E-state index in [0.29, 0.717) is 5.56 Å². The molecule has 0 saturated carbocycles. The molecule has 7 heteroatoms.